The van der Waals surface area contributed by atoms with E-state index in [0.717, 1.165) is 44.4 Å². The Morgan fingerprint density at radius 2 is 0.964 bits per heavy atom. The molecular formula is C53H35N3. The Morgan fingerprint density at radius 1 is 0.393 bits per heavy atom. The monoisotopic (exact) mass is 713 g/mol. The minimum absolute atomic E-state index is 0.0957. The van der Waals surface area contributed by atoms with Gasteiger partial charge in [0.2, 0.25) is 0 Å². The minimum atomic E-state index is -0.0957. The Hall–Kier alpha value is -7.10. The molecule has 0 amide bonds. The van der Waals surface area contributed by atoms with Gasteiger partial charge in [0.25, 0.3) is 0 Å². The van der Waals surface area contributed by atoms with Crippen molar-refractivity contribution >= 4 is 64.9 Å². The first-order chi connectivity index (χ1) is 27.6. The topological polar surface area (TPSA) is 30.7 Å². The number of aromatic nitrogens is 3. The number of fused-ring (bicyclic) bond motifs is 11. The number of nitrogens with zero attached hydrogens (tertiary/aromatic N) is 3. The fourth-order valence-electron chi connectivity index (χ4n) is 9.86. The van der Waals surface area contributed by atoms with E-state index >= 15 is 0 Å². The molecule has 0 N–H and O–H groups in total. The second-order valence-electron chi connectivity index (χ2n) is 15.8. The van der Waals surface area contributed by atoms with Crippen LogP contribution in [0.1, 0.15) is 25.0 Å². The van der Waals surface area contributed by atoms with E-state index in [9.17, 15) is 0 Å². The second-order valence-corrected chi connectivity index (χ2v) is 15.8. The van der Waals surface area contributed by atoms with E-state index in [2.05, 4.69) is 194 Å². The summed E-state index contributed by atoms with van der Waals surface area (Å²) < 4.78 is 2.49. The van der Waals surface area contributed by atoms with Crippen molar-refractivity contribution in [2.24, 2.45) is 0 Å². The zero-order valence-electron chi connectivity index (χ0n) is 31.1. The third kappa shape index (κ3) is 4.23. The highest BCUT2D eigenvalue weighted by Gasteiger charge is 2.37. The SMILES string of the molecule is CC1(C)c2ccccc2-c2c(-c3nnc(-c4cccc5c(-n6c7cc8ccccc8cc7c7ccc8ccccc8c76)cccc45)c4ccccc34)cccc21. The highest BCUT2D eigenvalue weighted by molar-refractivity contribution is 6.21. The molecule has 12 rings (SSSR count). The van der Waals surface area contributed by atoms with Gasteiger partial charge in [-0.15, -0.1) is 10.2 Å². The number of rotatable bonds is 3. The van der Waals surface area contributed by atoms with Crippen LogP contribution < -0.4 is 0 Å². The molecule has 0 atom stereocenters. The minimum Gasteiger partial charge on any atom is -0.308 e. The van der Waals surface area contributed by atoms with Gasteiger partial charge in [0.05, 0.1) is 16.7 Å². The van der Waals surface area contributed by atoms with Gasteiger partial charge in [0.1, 0.15) is 11.4 Å². The van der Waals surface area contributed by atoms with Crippen molar-refractivity contribution in [1.82, 2.24) is 14.8 Å². The Bertz CT molecular complexity index is 3460. The van der Waals surface area contributed by atoms with Gasteiger partial charge in [0, 0.05) is 48.9 Å². The van der Waals surface area contributed by atoms with Crippen LogP contribution in [-0.2, 0) is 5.41 Å². The smallest absolute Gasteiger partial charge is 0.101 e. The average Bonchev–Trinajstić information content (AvgIpc) is 3.70. The number of hydrogen-bond acceptors (Lipinski definition) is 2. The summed E-state index contributed by atoms with van der Waals surface area (Å²) in [7, 11) is 0. The predicted octanol–water partition coefficient (Wildman–Crippen LogP) is 13.8. The number of benzene rings is 9. The highest BCUT2D eigenvalue weighted by atomic mass is 15.1. The number of hydrogen-bond donors (Lipinski definition) is 0. The maximum Gasteiger partial charge on any atom is 0.101 e. The van der Waals surface area contributed by atoms with Crippen LogP contribution in [0.15, 0.2) is 176 Å². The first-order valence-corrected chi connectivity index (χ1v) is 19.4. The predicted molar refractivity (Wildman–Crippen MR) is 235 cm³/mol. The van der Waals surface area contributed by atoms with Crippen molar-refractivity contribution in [3.05, 3.63) is 187 Å². The lowest BCUT2D eigenvalue weighted by Crippen LogP contribution is -2.14. The van der Waals surface area contributed by atoms with Crippen LogP contribution in [0.3, 0.4) is 0 Å². The van der Waals surface area contributed by atoms with E-state index < -0.39 is 0 Å². The molecule has 1 aliphatic carbocycles. The molecule has 56 heavy (non-hydrogen) atoms. The fraction of sp³-hybridized carbons (Fsp3) is 0.0566. The van der Waals surface area contributed by atoms with Crippen molar-refractivity contribution in [2.45, 2.75) is 19.3 Å². The maximum absolute atomic E-state index is 5.13. The lowest BCUT2D eigenvalue weighted by molar-refractivity contribution is 0.660. The maximum atomic E-state index is 5.13. The summed E-state index contributed by atoms with van der Waals surface area (Å²) in [5, 5.41) is 22.2. The molecule has 3 heteroatoms. The molecular weight excluding hydrogens is 679 g/mol. The standard InChI is InChI=1S/C53H35N3/c1-53(2)45-25-10-9-20-42(45)49-43(24-12-26-46(49)53)51-40-19-8-7-18-39(40)50(54-55-51)38-23-11-22-37-36(38)21-13-27-47(37)56-48-31-34-16-4-3-15-33(34)30-44(48)41-29-28-32-14-5-6-17-35(32)52(41)56/h3-31H,1-2H3. The third-order valence-corrected chi connectivity index (χ3v) is 12.5. The normalized spacial score (nSPS) is 13.3. The highest BCUT2D eigenvalue weighted by Crippen LogP contribution is 2.52. The van der Waals surface area contributed by atoms with Gasteiger partial charge >= 0.3 is 0 Å². The quantitative estimate of drug-likeness (QED) is 0.182. The Labute approximate surface area is 324 Å². The van der Waals surface area contributed by atoms with Crippen molar-refractivity contribution in [3.8, 4) is 39.3 Å². The van der Waals surface area contributed by atoms with Gasteiger partial charge in [-0.25, -0.2) is 0 Å². The second kappa shape index (κ2) is 11.5. The lowest BCUT2D eigenvalue weighted by Gasteiger charge is -2.21. The van der Waals surface area contributed by atoms with E-state index in [1.54, 1.807) is 0 Å². The van der Waals surface area contributed by atoms with Gasteiger partial charge in [-0.1, -0.05) is 172 Å². The van der Waals surface area contributed by atoms with Crippen molar-refractivity contribution in [1.29, 1.82) is 0 Å². The van der Waals surface area contributed by atoms with E-state index in [1.165, 1.54) is 71.0 Å². The zero-order chi connectivity index (χ0) is 37.1. The first kappa shape index (κ1) is 31.3. The molecule has 2 heterocycles. The van der Waals surface area contributed by atoms with E-state index in [-0.39, 0.29) is 5.41 Å². The molecule has 3 nitrogen and oxygen atoms in total. The van der Waals surface area contributed by atoms with Crippen molar-refractivity contribution in [2.75, 3.05) is 0 Å². The lowest BCUT2D eigenvalue weighted by atomic mass is 9.82. The molecule has 0 saturated carbocycles. The molecule has 0 bridgehead atoms. The van der Waals surface area contributed by atoms with Crippen LogP contribution in [0, 0.1) is 0 Å². The molecule has 0 unspecified atom stereocenters. The van der Waals surface area contributed by atoms with Crippen LogP contribution in [0.2, 0.25) is 0 Å². The summed E-state index contributed by atoms with van der Waals surface area (Å²) in [6.45, 7) is 4.65. The summed E-state index contributed by atoms with van der Waals surface area (Å²) in [5.41, 5.74) is 12.7. The van der Waals surface area contributed by atoms with Crippen LogP contribution in [0.4, 0.5) is 0 Å². The average molecular weight is 714 g/mol. The molecule has 0 fully saturated rings. The van der Waals surface area contributed by atoms with E-state index in [0.29, 0.717) is 0 Å². The van der Waals surface area contributed by atoms with E-state index in [4.69, 9.17) is 10.2 Å². The zero-order valence-corrected chi connectivity index (χ0v) is 31.1. The largest absolute Gasteiger partial charge is 0.308 e. The molecule has 1 aliphatic rings. The molecule has 0 spiro atoms. The van der Waals surface area contributed by atoms with Crippen LogP contribution >= 0.6 is 0 Å². The fourth-order valence-corrected chi connectivity index (χ4v) is 9.86. The summed E-state index contributed by atoms with van der Waals surface area (Å²) in [6.07, 6.45) is 0. The molecule has 0 aliphatic heterocycles. The Balaban J connectivity index is 1.11. The van der Waals surface area contributed by atoms with Crippen molar-refractivity contribution in [3.63, 3.8) is 0 Å². The van der Waals surface area contributed by atoms with Gasteiger partial charge in [-0.2, -0.15) is 0 Å². The summed E-state index contributed by atoms with van der Waals surface area (Å²) in [6, 6.07) is 64.2. The Morgan fingerprint density at radius 3 is 1.79 bits per heavy atom. The van der Waals surface area contributed by atoms with Gasteiger partial charge < -0.3 is 4.57 Å². The first-order valence-electron chi connectivity index (χ1n) is 19.4. The molecule has 9 aromatic carbocycles. The summed E-state index contributed by atoms with van der Waals surface area (Å²) in [4.78, 5) is 0. The van der Waals surface area contributed by atoms with Crippen LogP contribution in [-0.4, -0.2) is 14.8 Å². The molecule has 2 aromatic heterocycles. The third-order valence-electron chi connectivity index (χ3n) is 12.5. The van der Waals surface area contributed by atoms with Crippen LogP contribution in [0.25, 0.3) is 104 Å². The summed E-state index contributed by atoms with van der Waals surface area (Å²) in [5.74, 6) is 0. The molecule has 0 radical (unpaired) electrons. The van der Waals surface area contributed by atoms with Crippen LogP contribution in [0.5, 0.6) is 0 Å². The molecule has 262 valence electrons. The van der Waals surface area contributed by atoms with Crippen molar-refractivity contribution < 1.29 is 0 Å². The van der Waals surface area contributed by atoms with E-state index in [1.807, 2.05) is 0 Å². The summed E-state index contributed by atoms with van der Waals surface area (Å²) >= 11 is 0. The molecule has 11 aromatic rings. The molecule has 0 saturated heterocycles. The Kier molecular flexibility index (Phi) is 6.40. The van der Waals surface area contributed by atoms with Gasteiger partial charge in [0.15, 0.2) is 0 Å². The van der Waals surface area contributed by atoms with Gasteiger partial charge in [-0.05, 0) is 62.0 Å². The van der Waals surface area contributed by atoms with Gasteiger partial charge in [-0.3, -0.25) is 0 Å².